The van der Waals surface area contributed by atoms with Crippen LogP contribution in [-0.4, -0.2) is 8.32 Å². The fourth-order valence-electron chi connectivity index (χ4n) is 2.32. The Labute approximate surface area is 96.0 Å². The van der Waals surface area contributed by atoms with Gasteiger partial charge in [0.05, 0.1) is 5.76 Å². The summed E-state index contributed by atoms with van der Waals surface area (Å²) in [7, 11) is -1.40. The zero-order chi connectivity index (χ0) is 11.1. The normalized spacial score (nSPS) is 18.2. The van der Waals surface area contributed by atoms with Crippen molar-refractivity contribution in [1.29, 1.82) is 0 Å². The molecule has 88 valence electrons. The zero-order valence-electron chi connectivity index (χ0n) is 10.6. The van der Waals surface area contributed by atoms with E-state index in [1.807, 2.05) is 0 Å². The largest absolute Gasteiger partial charge is 0.547 e. The Morgan fingerprint density at radius 1 is 1.07 bits per heavy atom. The van der Waals surface area contributed by atoms with Crippen molar-refractivity contribution in [2.24, 2.45) is 0 Å². The Hall–Kier alpha value is -0.243. The van der Waals surface area contributed by atoms with E-state index in [0.29, 0.717) is 0 Å². The second kappa shape index (κ2) is 6.36. The van der Waals surface area contributed by atoms with Gasteiger partial charge in [-0.15, -0.1) is 0 Å². The number of hydrogen-bond donors (Lipinski definition) is 0. The van der Waals surface area contributed by atoms with E-state index in [1.165, 1.54) is 56.0 Å². The molecule has 0 aliphatic heterocycles. The molecule has 0 saturated heterocycles. The van der Waals surface area contributed by atoms with Gasteiger partial charge >= 0.3 is 0 Å². The van der Waals surface area contributed by atoms with Crippen LogP contribution in [0.15, 0.2) is 11.8 Å². The summed E-state index contributed by atoms with van der Waals surface area (Å²) < 4.78 is 6.41. The van der Waals surface area contributed by atoms with Crippen LogP contribution in [0.1, 0.15) is 52.9 Å². The van der Waals surface area contributed by atoms with Crippen molar-refractivity contribution < 1.29 is 4.43 Å². The zero-order valence-corrected chi connectivity index (χ0v) is 11.6. The van der Waals surface area contributed by atoms with Gasteiger partial charge in [-0.2, -0.15) is 0 Å². The van der Waals surface area contributed by atoms with E-state index in [-0.39, 0.29) is 0 Å². The van der Waals surface area contributed by atoms with Crippen LogP contribution >= 0.6 is 0 Å². The van der Waals surface area contributed by atoms with Gasteiger partial charge in [0, 0.05) is 6.42 Å². The van der Waals surface area contributed by atoms with E-state index in [4.69, 9.17) is 4.43 Å². The predicted molar refractivity (Wildman–Crippen MR) is 69.5 cm³/mol. The number of allylic oxidation sites excluding steroid dienone is 2. The Bertz CT molecular complexity index is 198. The molecule has 1 aliphatic rings. The van der Waals surface area contributed by atoms with Gasteiger partial charge in [0.15, 0.2) is 0 Å². The van der Waals surface area contributed by atoms with Gasteiger partial charge in [0.2, 0.25) is 8.32 Å². The van der Waals surface area contributed by atoms with Crippen LogP contribution in [0.3, 0.4) is 0 Å². The molecule has 0 saturated carbocycles. The highest BCUT2D eigenvalue weighted by Gasteiger charge is 2.31. The van der Waals surface area contributed by atoms with Gasteiger partial charge in [-0.05, 0) is 43.5 Å². The van der Waals surface area contributed by atoms with Gasteiger partial charge in [-0.1, -0.05) is 27.2 Å². The van der Waals surface area contributed by atoms with Crippen molar-refractivity contribution in [3.8, 4) is 0 Å². The van der Waals surface area contributed by atoms with Crippen LogP contribution < -0.4 is 0 Å². The van der Waals surface area contributed by atoms with Crippen LogP contribution in [0.25, 0.3) is 0 Å². The molecule has 2 heteroatoms. The van der Waals surface area contributed by atoms with Crippen molar-refractivity contribution >= 4 is 8.32 Å². The van der Waals surface area contributed by atoms with Gasteiger partial charge < -0.3 is 4.43 Å². The minimum atomic E-state index is -1.40. The first-order chi connectivity index (χ1) is 7.26. The molecule has 15 heavy (non-hydrogen) atoms. The topological polar surface area (TPSA) is 9.23 Å². The van der Waals surface area contributed by atoms with Gasteiger partial charge in [-0.25, -0.2) is 0 Å². The quantitative estimate of drug-likeness (QED) is 0.609. The van der Waals surface area contributed by atoms with Crippen molar-refractivity contribution in [1.82, 2.24) is 0 Å². The fraction of sp³-hybridized carbons (Fsp3) is 0.846. The summed E-state index contributed by atoms with van der Waals surface area (Å²) >= 11 is 0. The molecule has 1 aliphatic carbocycles. The predicted octanol–water partition coefficient (Wildman–Crippen LogP) is 4.86. The van der Waals surface area contributed by atoms with Crippen LogP contribution in [-0.2, 0) is 4.43 Å². The maximum Gasteiger partial charge on any atom is 0.250 e. The lowest BCUT2D eigenvalue weighted by Gasteiger charge is -2.30. The first-order valence-corrected chi connectivity index (χ1v) is 9.17. The Morgan fingerprint density at radius 2 is 1.73 bits per heavy atom. The molecule has 1 nitrogen and oxygen atoms in total. The minimum absolute atomic E-state index is 1.19. The lowest BCUT2D eigenvalue weighted by Crippen LogP contribution is -2.35. The molecule has 0 fully saturated rings. The third-order valence-corrected chi connectivity index (χ3v) is 8.34. The van der Waals surface area contributed by atoms with Crippen molar-refractivity contribution in [3.05, 3.63) is 11.8 Å². The second-order valence-corrected chi connectivity index (χ2v) is 9.31. The molecule has 0 amide bonds. The molecule has 0 N–H and O–H groups in total. The standard InChI is InChI=1S/C13H26OSi/c1-4-15(5-2,6-3)14-13-11-9-7-8-10-12-13/h11H,4-10,12H2,1-3H3. The van der Waals surface area contributed by atoms with E-state index >= 15 is 0 Å². The summed E-state index contributed by atoms with van der Waals surface area (Å²) in [6.07, 6.45) is 8.84. The van der Waals surface area contributed by atoms with Gasteiger partial charge in [0.25, 0.3) is 0 Å². The molecule has 0 atom stereocenters. The Kier molecular flexibility index (Phi) is 5.44. The second-order valence-electron chi connectivity index (χ2n) is 4.62. The summed E-state index contributed by atoms with van der Waals surface area (Å²) in [6, 6.07) is 3.78. The molecule has 0 aromatic carbocycles. The highest BCUT2D eigenvalue weighted by molar-refractivity contribution is 6.73. The van der Waals surface area contributed by atoms with Gasteiger partial charge in [-0.3, -0.25) is 0 Å². The first-order valence-electron chi connectivity index (χ1n) is 6.64. The summed E-state index contributed by atoms with van der Waals surface area (Å²) in [5.74, 6) is 1.32. The van der Waals surface area contributed by atoms with Crippen molar-refractivity contribution in [2.75, 3.05) is 0 Å². The lowest BCUT2D eigenvalue weighted by atomic mass is 10.2. The maximum atomic E-state index is 6.41. The van der Waals surface area contributed by atoms with Crippen LogP contribution in [0.2, 0.25) is 18.1 Å². The fourth-order valence-corrected chi connectivity index (χ4v) is 5.00. The molecule has 0 aromatic heterocycles. The van der Waals surface area contributed by atoms with E-state index in [9.17, 15) is 0 Å². The Morgan fingerprint density at radius 3 is 2.33 bits per heavy atom. The lowest BCUT2D eigenvalue weighted by molar-refractivity contribution is 0.381. The molecule has 0 aromatic rings. The van der Waals surface area contributed by atoms with Crippen molar-refractivity contribution in [3.63, 3.8) is 0 Å². The van der Waals surface area contributed by atoms with Crippen LogP contribution in [0.4, 0.5) is 0 Å². The molecular formula is C13H26OSi. The SMILES string of the molecule is CC[Si](CC)(CC)OC1=CCCCCC1. The summed E-state index contributed by atoms with van der Waals surface area (Å²) in [5, 5.41) is 0. The molecule has 0 bridgehead atoms. The smallest absolute Gasteiger partial charge is 0.250 e. The molecular weight excluding hydrogens is 200 g/mol. The van der Waals surface area contributed by atoms with Crippen LogP contribution in [0.5, 0.6) is 0 Å². The van der Waals surface area contributed by atoms with E-state index in [0.717, 1.165) is 0 Å². The average Bonchev–Trinajstić information content (AvgIpc) is 2.54. The molecule has 1 rings (SSSR count). The summed E-state index contributed by atoms with van der Waals surface area (Å²) in [6.45, 7) is 6.91. The number of hydrogen-bond acceptors (Lipinski definition) is 1. The molecule has 0 heterocycles. The third kappa shape index (κ3) is 3.67. The monoisotopic (exact) mass is 226 g/mol. The minimum Gasteiger partial charge on any atom is -0.547 e. The Balaban J connectivity index is 2.59. The number of rotatable bonds is 5. The molecule has 0 unspecified atom stereocenters. The van der Waals surface area contributed by atoms with E-state index in [1.54, 1.807) is 0 Å². The van der Waals surface area contributed by atoms with Gasteiger partial charge in [0.1, 0.15) is 0 Å². The maximum absolute atomic E-state index is 6.41. The first kappa shape index (κ1) is 12.8. The van der Waals surface area contributed by atoms with E-state index in [2.05, 4.69) is 26.8 Å². The van der Waals surface area contributed by atoms with E-state index < -0.39 is 8.32 Å². The highest BCUT2D eigenvalue weighted by Crippen LogP contribution is 2.28. The van der Waals surface area contributed by atoms with Crippen LogP contribution in [0, 0.1) is 0 Å². The highest BCUT2D eigenvalue weighted by atomic mass is 28.4. The van der Waals surface area contributed by atoms with Crippen molar-refractivity contribution in [2.45, 2.75) is 71.0 Å². The molecule has 0 radical (unpaired) electrons. The third-order valence-electron chi connectivity index (χ3n) is 3.78. The summed E-state index contributed by atoms with van der Waals surface area (Å²) in [4.78, 5) is 0. The average molecular weight is 226 g/mol. The summed E-state index contributed by atoms with van der Waals surface area (Å²) in [5.41, 5.74) is 0. The molecule has 0 spiro atoms.